The molecule has 1 saturated carbocycles. The predicted octanol–water partition coefficient (Wildman–Crippen LogP) is 5.06. The third kappa shape index (κ3) is 6.18. The Hall–Kier alpha value is -3.25. The van der Waals surface area contributed by atoms with Crippen LogP contribution in [0.1, 0.15) is 44.1 Å². The molecule has 220 valence electrons. The quantitative estimate of drug-likeness (QED) is 0.376. The molecule has 1 aromatic heterocycles. The van der Waals surface area contributed by atoms with Gasteiger partial charge in [0, 0.05) is 50.3 Å². The van der Waals surface area contributed by atoms with Crippen molar-refractivity contribution < 1.29 is 26.7 Å². The van der Waals surface area contributed by atoms with Crippen molar-refractivity contribution in [3.05, 3.63) is 42.0 Å². The molecule has 2 aromatic carbocycles. The second-order valence-corrected chi connectivity index (χ2v) is 13.5. The average Bonchev–Trinajstić information content (AvgIpc) is 3.48. The van der Waals surface area contributed by atoms with E-state index in [9.17, 15) is 17.2 Å². The fourth-order valence-electron chi connectivity index (χ4n) is 5.90. The van der Waals surface area contributed by atoms with Crippen LogP contribution in [0.25, 0.3) is 22.9 Å². The lowest BCUT2D eigenvalue weighted by Gasteiger charge is -2.35. The van der Waals surface area contributed by atoms with Crippen LogP contribution < -0.4 is 14.5 Å². The van der Waals surface area contributed by atoms with Gasteiger partial charge in [-0.3, -0.25) is 4.72 Å². The Morgan fingerprint density at radius 3 is 2.29 bits per heavy atom. The van der Waals surface area contributed by atoms with Gasteiger partial charge in [0.15, 0.2) is 0 Å². The molecule has 1 aliphatic carbocycles. The Morgan fingerprint density at radius 1 is 0.927 bits per heavy atom. The molecule has 1 spiro atoms. The first kappa shape index (κ1) is 27.9. The monoisotopic (exact) mass is 587 g/mol. The Balaban J connectivity index is 1.30. The summed E-state index contributed by atoms with van der Waals surface area (Å²) in [5.41, 5.74) is 4.88. The zero-order valence-corrected chi connectivity index (χ0v) is 23.9. The van der Waals surface area contributed by atoms with Crippen molar-refractivity contribution in [3.63, 3.8) is 0 Å². The topological polar surface area (TPSA) is 112 Å². The van der Waals surface area contributed by atoms with E-state index in [0.717, 1.165) is 42.9 Å². The van der Waals surface area contributed by atoms with E-state index in [4.69, 9.17) is 9.52 Å². The SMILES string of the molecule is Cc1cc(-c2nnc(-c3ccc(NS(=O)(=O)CCO)cc3N3CCC4(CC3)CC4)o2)cc(N2CCC(F)(F)CC2)c1. The molecule has 3 aliphatic rings. The number of halogens is 2. The van der Waals surface area contributed by atoms with E-state index in [1.807, 2.05) is 30.0 Å². The summed E-state index contributed by atoms with van der Waals surface area (Å²) >= 11 is 0. The smallest absolute Gasteiger partial charge is 0.251 e. The third-order valence-corrected chi connectivity index (χ3v) is 9.84. The molecule has 9 nitrogen and oxygen atoms in total. The number of aliphatic hydroxyl groups is 1. The Kier molecular flexibility index (Phi) is 7.17. The van der Waals surface area contributed by atoms with E-state index in [1.54, 1.807) is 18.2 Å². The van der Waals surface area contributed by atoms with E-state index >= 15 is 0 Å². The van der Waals surface area contributed by atoms with Gasteiger partial charge in [0.2, 0.25) is 21.8 Å². The maximum absolute atomic E-state index is 13.7. The first-order chi connectivity index (χ1) is 19.5. The van der Waals surface area contributed by atoms with Crippen LogP contribution in [0.5, 0.6) is 0 Å². The van der Waals surface area contributed by atoms with Gasteiger partial charge in [-0.15, -0.1) is 10.2 Å². The summed E-state index contributed by atoms with van der Waals surface area (Å²) in [5, 5.41) is 17.8. The van der Waals surface area contributed by atoms with Crippen LogP contribution >= 0.6 is 0 Å². The van der Waals surface area contributed by atoms with Gasteiger partial charge in [-0.25, -0.2) is 17.2 Å². The number of aryl methyl sites for hydroxylation is 1. The predicted molar refractivity (Wildman–Crippen MR) is 154 cm³/mol. The van der Waals surface area contributed by atoms with Crippen LogP contribution in [0.15, 0.2) is 40.8 Å². The minimum absolute atomic E-state index is 0.173. The number of anilines is 3. The molecule has 0 radical (unpaired) electrons. The Morgan fingerprint density at radius 2 is 1.61 bits per heavy atom. The van der Waals surface area contributed by atoms with Crippen LogP contribution in [0.4, 0.5) is 25.8 Å². The van der Waals surface area contributed by atoms with Gasteiger partial charge in [-0.05, 0) is 80.0 Å². The largest absolute Gasteiger partial charge is 0.416 e. The number of sulfonamides is 1. The highest BCUT2D eigenvalue weighted by Crippen LogP contribution is 2.54. The van der Waals surface area contributed by atoms with Crippen LogP contribution in [-0.4, -0.2) is 68.2 Å². The van der Waals surface area contributed by atoms with Crippen LogP contribution in [0.3, 0.4) is 0 Å². The summed E-state index contributed by atoms with van der Waals surface area (Å²) in [5.74, 6) is -2.38. The summed E-state index contributed by atoms with van der Waals surface area (Å²) in [7, 11) is -3.69. The number of aliphatic hydroxyl groups excluding tert-OH is 1. The molecule has 3 fully saturated rings. The van der Waals surface area contributed by atoms with E-state index < -0.39 is 22.6 Å². The van der Waals surface area contributed by atoms with E-state index in [1.165, 1.54) is 12.8 Å². The van der Waals surface area contributed by atoms with Crippen molar-refractivity contribution >= 4 is 27.1 Å². The maximum Gasteiger partial charge on any atom is 0.251 e. The summed E-state index contributed by atoms with van der Waals surface area (Å²) in [6, 6.07) is 11.0. The molecule has 6 rings (SSSR count). The zero-order chi connectivity index (χ0) is 28.8. The molecule has 0 unspecified atom stereocenters. The molecule has 12 heteroatoms. The van der Waals surface area contributed by atoms with Crippen molar-refractivity contribution in [2.45, 2.75) is 51.4 Å². The second-order valence-electron chi connectivity index (χ2n) is 11.7. The Labute approximate surface area is 238 Å². The first-order valence-corrected chi connectivity index (χ1v) is 15.8. The molecule has 2 aliphatic heterocycles. The molecule has 2 saturated heterocycles. The molecular formula is C29H35F2N5O4S. The summed E-state index contributed by atoms with van der Waals surface area (Å²) in [4.78, 5) is 4.20. The fraction of sp³-hybridized carbons (Fsp3) is 0.517. The number of aromatic nitrogens is 2. The lowest BCUT2D eigenvalue weighted by Crippen LogP contribution is -2.39. The third-order valence-electron chi connectivity index (χ3n) is 8.58. The minimum Gasteiger partial charge on any atom is -0.416 e. The van der Waals surface area contributed by atoms with E-state index in [-0.39, 0.29) is 31.7 Å². The van der Waals surface area contributed by atoms with Crippen LogP contribution in [0, 0.1) is 12.3 Å². The number of hydrogen-bond acceptors (Lipinski definition) is 8. The van der Waals surface area contributed by atoms with Gasteiger partial charge in [-0.2, -0.15) is 0 Å². The van der Waals surface area contributed by atoms with Gasteiger partial charge in [0.1, 0.15) is 0 Å². The lowest BCUT2D eigenvalue weighted by atomic mass is 9.93. The molecule has 41 heavy (non-hydrogen) atoms. The summed E-state index contributed by atoms with van der Waals surface area (Å²) in [6.45, 7) is 3.72. The van der Waals surface area contributed by atoms with Crippen molar-refractivity contribution in [1.29, 1.82) is 0 Å². The number of piperidine rings is 2. The highest BCUT2D eigenvalue weighted by atomic mass is 32.2. The van der Waals surface area contributed by atoms with Gasteiger partial charge < -0.3 is 19.3 Å². The van der Waals surface area contributed by atoms with Crippen molar-refractivity contribution in [1.82, 2.24) is 10.2 Å². The zero-order valence-electron chi connectivity index (χ0n) is 23.1. The molecule has 2 N–H and O–H groups in total. The number of nitrogens with zero attached hydrogens (tertiary/aromatic N) is 4. The molecule has 0 atom stereocenters. The molecule has 3 aromatic rings. The summed E-state index contributed by atoms with van der Waals surface area (Å²) in [6.07, 6.45) is 4.34. The van der Waals surface area contributed by atoms with Crippen molar-refractivity contribution in [2.24, 2.45) is 5.41 Å². The number of benzene rings is 2. The van der Waals surface area contributed by atoms with Gasteiger partial charge in [0.05, 0.1) is 29.3 Å². The summed E-state index contributed by atoms with van der Waals surface area (Å²) < 4.78 is 60.9. The Bertz CT molecular complexity index is 1520. The van der Waals surface area contributed by atoms with Gasteiger partial charge >= 0.3 is 0 Å². The number of alkyl halides is 2. The lowest BCUT2D eigenvalue weighted by molar-refractivity contribution is -0.0220. The first-order valence-electron chi connectivity index (χ1n) is 14.1. The van der Waals surface area contributed by atoms with E-state index in [0.29, 0.717) is 34.0 Å². The number of nitrogens with one attached hydrogen (secondary N) is 1. The van der Waals surface area contributed by atoms with Crippen molar-refractivity contribution in [3.8, 4) is 22.9 Å². The average molecular weight is 588 g/mol. The fourth-order valence-corrected chi connectivity index (χ4v) is 6.73. The van der Waals surface area contributed by atoms with E-state index in [2.05, 4.69) is 19.8 Å². The van der Waals surface area contributed by atoms with Crippen molar-refractivity contribution in [2.75, 3.05) is 53.1 Å². The van der Waals surface area contributed by atoms with Crippen LogP contribution in [-0.2, 0) is 10.0 Å². The normalized spacial score (nSPS) is 19.9. The molecule has 3 heterocycles. The number of rotatable bonds is 8. The molecule has 0 bridgehead atoms. The highest BCUT2D eigenvalue weighted by molar-refractivity contribution is 7.92. The van der Waals surface area contributed by atoms with Gasteiger partial charge in [0.25, 0.3) is 5.92 Å². The number of hydrogen-bond donors (Lipinski definition) is 2. The maximum atomic E-state index is 13.7. The van der Waals surface area contributed by atoms with Crippen LogP contribution in [0.2, 0.25) is 0 Å². The molecule has 0 amide bonds. The minimum atomic E-state index is -3.69. The second kappa shape index (κ2) is 10.5. The van der Waals surface area contributed by atoms with Gasteiger partial charge in [-0.1, -0.05) is 0 Å². The standard InChI is InChI=1S/C29H35F2N5O4S/c1-20-16-21(18-23(17-20)35-12-8-29(30,31)9-13-35)26-32-33-27(40-26)24-3-2-22(34-41(38,39)15-14-37)19-25(24)36-10-6-28(4-5-28)7-11-36/h2-3,16-19,34,37H,4-15H2,1H3. The highest BCUT2D eigenvalue weighted by Gasteiger charge is 2.44. The molecular weight excluding hydrogens is 552 g/mol.